The van der Waals surface area contributed by atoms with Gasteiger partial charge < -0.3 is 4.90 Å². The number of likely N-dealkylation sites (tertiary alicyclic amines) is 1. The predicted octanol–water partition coefficient (Wildman–Crippen LogP) is 0.834. The Morgan fingerprint density at radius 1 is 1.50 bits per heavy atom. The van der Waals surface area contributed by atoms with Crippen molar-refractivity contribution in [2.45, 2.75) is 26.7 Å². The summed E-state index contributed by atoms with van der Waals surface area (Å²) in [4.78, 5) is 24.1. The van der Waals surface area contributed by atoms with Gasteiger partial charge in [-0.05, 0) is 13.3 Å². The number of hydrogen-bond acceptors (Lipinski definition) is 2. The van der Waals surface area contributed by atoms with Crippen molar-refractivity contribution >= 4 is 11.7 Å². The summed E-state index contributed by atoms with van der Waals surface area (Å²) in [6, 6.07) is 0. The Labute approximate surface area is 72.7 Å². The molecule has 3 heteroatoms. The molecule has 0 saturated carbocycles. The number of ketones is 1. The summed E-state index contributed by atoms with van der Waals surface area (Å²) in [5.74, 6) is -0.314. The summed E-state index contributed by atoms with van der Waals surface area (Å²) in [6.07, 6.45) is 2.05. The number of nitrogens with zero attached hydrogens (tertiary/aromatic N) is 1. The molecule has 1 aliphatic rings. The second-order valence-electron chi connectivity index (χ2n) is 3.30. The van der Waals surface area contributed by atoms with E-state index in [0.717, 1.165) is 19.4 Å². The van der Waals surface area contributed by atoms with E-state index in [-0.39, 0.29) is 17.6 Å². The fourth-order valence-corrected chi connectivity index (χ4v) is 1.35. The average Bonchev–Trinajstić information content (AvgIpc) is 2.30. The van der Waals surface area contributed by atoms with Gasteiger partial charge in [0.15, 0.2) is 5.78 Å². The second kappa shape index (κ2) is 3.70. The number of Topliss-reactive ketones (excluding diaryl/α,β-unsaturated/α-hetero) is 1. The van der Waals surface area contributed by atoms with Crippen LogP contribution in [0.15, 0.2) is 0 Å². The number of amides is 1. The minimum Gasteiger partial charge on any atom is -0.335 e. The molecule has 0 spiro atoms. The molecule has 0 aliphatic carbocycles. The first-order valence-corrected chi connectivity index (χ1v) is 4.48. The van der Waals surface area contributed by atoms with E-state index < -0.39 is 0 Å². The first-order valence-electron chi connectivity index (χ1n) is 4.48. The molecule has 1 unspecified atom stereocenters. The highest BCUT2D eigenvalue weighted by atomic mass is 16.2. The highest BCUT2D eigenvalue weighted by Crippen LogP contribution is 2.14. The Kier molecular flexibility index (Phi) is 2.84. The average molecular weight is 169 g/mol. The van der Waals surface area contributed by atoms with Gasteiger partial charge in [-0.25, -0.2) is 0 Å². The molecule has 0 aromatic heterocycles. The van der Waals surface area contributed by atoms with Crippen LogP contribution in [0.3, 0.4) is 0 Å². The highest BCUT2D eigenvalue weighted by Gasteiger charge is 2.34. The lowest BCUT2D eigenvalue weighted by molar-refractivity contribution is -0.131. The van der Waals surface area contributed by atoms with E-state index in [2.05, 4.69) is 6.92 Å². The highest BCUT2D eigenvalue weighted by molar-refractivity contribution is 6.07. The van der Waals surface area contributed by atoms with Crippen LogP contribution >= 0.6 is 0 Å². The number of rotatable bonds is 3. The van der Waals surface area contributed by atoms with Crippen LogP contribution in [-0.4, -0.2) is 29.7 Å². The molecule has 1 aliphatic heterocycles. The Morgan fingerprint density at radius 3 is 2.58 bits per heavy atom. The van der Waals surface area contributed by atoms with Gasteiger partial charge in [0.25, 0.3) is 0 Å². The molecule has 0 aromatic rings. The zero-order valence-corrected chi connectivity index (χ0v) is 7.67. The van der Waals surface area contributed by atoms with Crippen molar-refractivity contribution in [3.63, 3.8) is 0 Å². The van der Waals surface area contributed by atoms with Gasteiger partial charge >= 0.3 is 0 Å². The number of unbranched alkanes of at least 4 members (excludes halogenated alkanes) is 1. The van der Waals surface area contributed by atoms with Crippen molar-refractivity contribution in [1.82, 2.24) is 4.90 Å². The Morgan fingerprint density at radius 2 is 2.17 bits per heavy atom. The SMILES string of the molecule is CCCCN1CC(=O)C(C)C1=O. The van der Waals surface area contributed by atoms with E-state index in [1.54, 1.807) is 11.8 Å². The first-order chi connectivity index (χ1) is 5.66. The summed E-state index contributed by atoms with van der Waals surface area (Å²) < 4.78 is 0. The van der Waals surface area contributed by atoms with Crippen LogP contribution in [0, 0.1) is 5.92 Å². The predicted molar refractivity (Wildman–Crippen MR) is 45.7 cm³/mol. The molecule has 3 nitrogen and oxygen atoms in total. The molecule has 0 radical (unpaired) electrons. The van der Waals surface area contributed by atoms with Crippen molar-refractivity contribution in [1.29, 1.82) is 0 Å². The van der Waals surface area contributed by atoms with Crippen molar-refractivity contribution in [3.05, 3.63) is 0 Å². The van der Waals surface area contributed by atoms with Crippen LogP contribution in [0.25, 0.3) is 0 Å². The first kappa shape index (κ1) is 9.23. The minimum atomic E-state index is -0.387. The number of carbonyl (C=O) groups excluding carboxylic acids is 2. The van der Waals surface area contributed by atoms with Gasteiger partial charge in [0, 0.05) is 6.54 Å². The third-order valence-corrected chi connectivity index (χ3v) is 2.29. The molecular weight excluding hydrogens is 154 g/mol. The van der Waals surface area contributed by atoms with Gasteiger partial charge in [-0.3, -0.25) is 9.59 Å². The molecule has 0 aromatic carbocycles. The monoisotopic (exact) mass is 169 g/mol. The summed E-state index contributed by atoms with van der Waals surface area (Å²) in [5, 5.41) is 0. The van der Waals surface area contributed by atoms with E-state index in [1.807, 2.05) is 0 Å². The molecule has 12 heavy (non-hydrogen) atoms. The van der Waals surface area contributed by atoms with Gasteiger partial charge in [-0.1, -0.05) is 13.3 Å². The van der Waals surface area contributed by atoms with Crippen molar-refractivity contribution in [2.24, 2.45) is 5.92 Å². The topological polar surface area (TPSA) is 37.4 Å². The molecule has 0 N–H and O–H groups in total. The smallest absolute Gasteiger partial charge is 0.233 e. The molecule has 1 atom stereocenters. The van der Waals surface area contributed by atoms with Crippen LogP contribution in [0.4, 0.5) is 0 Å². The zero-order chi connectivity index (χ0) is 9.14. The molecule has 1 amide bonds. The molecule has 1 heterocycles. The quantitative estimate of drug-likeness (QED) is 0.587. The van der Waals surface area contributed by atoms with Gasteiger partial charge in [-0.15, -0.1) is 0 Å². The Bertz CT molecular complexity index is 201. The standard InChI is InChI=1S/C9H15NO2/c1-3-4-5-10-6-8(11)7(2)9(10)12/h7H,3-6H2,1-2H3. The summed E-state index contributed by atoms with van der Waals surface area (Å²) in [5.41, 5.74) is 0. The summed E-state index contributed by atoms with van der Waals surface area (Å²) in [6.45, 7) is 4.84. The van der Waals surface area contributed by atoms with E-state index in [4.69, 9.17) is 0 Å². The maximum Gasteiger partial charge on any atom is 0.233 e. The largest absolute Gasteiger partial charge is 0.335 e. The normalized spacial score (nSPS) is 23.8. The van der Waals surface area contributed by atoms with Crippen LogP contribution in [-0.2, 0) is 9.59 Å². The summed E-state index contributed by atoms with van der Waals surface area (Å²) in [7, 11) is 0. The van der Waals surface area contributed by atoms with Crippen LogP contribution in [0.2, 0.25) is 0 Å². The lowest BCUT2D eigenvalue weighted by Crippen LogP contribution is -2.27. The Hall–Kier alpha value is -0.860. The summed E-state index contributed by atoms with van der Waals surface area (Å²) >= 11 is 0. The molecule has 1 saturated heterocycles. The fourth-order valence-electron chi connectivity index (χ4n) is 1.35. The van der Waals surface area contributed by atoms with Gasteiger partial charge in [-0.2, -0.15) is 0 Å². The minimum absolute atomic E-state index is 0.00782. The lowest BCUT2D eigenvalue weighted by atomic mass is 10.1. The number of carbonyl (C=O) groups is 2. The van der Waals surface area contributed by atoms with E-state index in [1.165, 1.54) is 0 Å². The van der Waals surface area contributed by atoms with E-state index >= 15 is 0 Å². The maximum absolute atomic E-state index is 11.3. The molecule has 1 fully saturated rings. The van der Waals surface area contributed by atoms with Crippen LogP contribution < -0.4 is 0 Å². The van der Waals surface area contributed by atoms with Crippen molar-refractivity contribution in [3.8, 4) is 0 Å². The van der Waals surface area contributed by atoms with Crippen molar-refractivity contribution < 1.29 is 9.59 Å². The Balaban J connectivity index is 2.47. The molecular formula is C9H15NO2. The third kappa shape index (κ3) is 1.65. The number of hydrogen-bond donors (Lipinski definition) is 0. The molecule has 0 bridgehead atoms. The van der Waals surface area contributed by atoms with Gasteiger partial charge in [0.2, 0.25) is 5.91 Å². The van der Waals surface area contributed by atoms with Gasteiger partial charge in [0.1, 0.15) is 0 Å². The lowest BCUT2D eigenvalue weighted by Gasteiger charge is -2.13. The van der Waals surface area contributed by atoms with Crippen LogP contribution in [0.1, 0.15) is 26.7 Å². The molecule has 68 valence electrons. The zero-order valence-electron chi connectivity index (χ0n) is 7.67. The van der Waals surface area contributed by atoms with E-state index in [0.29, 0.717) is 6.54 Å². The van der Waals surface area contributed by atoms with E-state index in [9.17, 15) is 9.59 Å². The van der Waals surface area contributed by atoms with Crippen LogP contribution in [0.5, 0.6) is 0 Å². The van der Waals surface area contributed by atoms with Crippen molar-refractivity contribution in [2.75, 3.05) is 13.1 Å². The molecule has 1 rings (SSSR count). The second-order valence-corrected chi connectivity index (χ2v) is 3.30. The maximum atomic E-state index is 11.3. The fraction of sp³-hybridized carbons (Fsp3) is 0.778. The third-order valence-electron chi connectivity index (χ3n) is 2.29. The van der Waals surface area contributed by atoms with Gasteiger partial charge in [0.05, 0.1) is 12.5 Å².